The Kier molecular flexibility index (Phi) is 8.61. The summed E-state index contributed by atoms with van der Waals surface area (Å²) in [4.78, 5) is 0. The van der Waals surface area contributed by atoms with Gasteiger partial charge >= 0.3 is 19.5 Å². The van der Waals surface area contributed by atoms with Crippen LogP contribution in [0.4, 0.5) is 0 Å². The average Bonchev–Trinajstić information content (AvgIpc) is 2.40. The Morgan fingerprint density at radius 1 is 0.667 bits per heavy atom. The number of benzene rings is 2. The second-order valence-corrected chi connectivity index (χ2v) is 17.2. The van der Waals surface area contributed by atoms with E-state index in [9.17, 15) is 0 Å². The minimum atomic E-state index is -1.06. The molecule has 0 aromatic heterocycles. The zero-order valence-corrected chi connectivity index (χ0v) is 19.3. The summed E-state index contributed by atoms with van der Waals surface area (Å²) in [6.07, 6.45) is 0. The molecule has 0 N–H and O–H groups in total. The quantitative estimate of drug-likeness (QED) is 0.557. The van der Waals surface area contributed by atoms with Crippen LogP contribution in [0.3, 0.4) is 0 Å². The van der Waals surface area contributed by atoms with Crippen molar-refractivity contribution in [1.29, 1.82) is 0 Å². The summed E-state index contributed by atoms with van der Waals surface area (Å²) in [5.74, 6) is 0. The Bertz CT molecular complexity index is 447. The predicted molar refractivity (Wildman–Crippen MR) is 96.5 cm³/mol. The molecular weight excluding hydrogens is 338 g/mol. The van der Waals surface area contributed by atoms with E-state index in [0.717, 1.165) is 0 Å². The van der Waals surface area contributed by atoms with Gasteiger partial charge in [0.25, 0.3) is 0 Å². The Labute approximate surface area is 145 Å². The van der Waals surface area contributed by atoms with Crippen LogP contribution >= 0.6 is 0 Å². The van der Waals surface area contributed by atoms with Crippen molar-refractivity contribution in [1.82, 2.24) is 0 Å². The normalized spacial score (nSPS) is 11.0. The van der Waals surface area contributed by atoms with Crippen LogP contribution in [0.5, 0.6) is 0 Å². The Morgan fingerprint density at radius 3 is 1.14 bits per heavy atom. The van der Waals surface area contributed by atoms with E-state index >= 15 is 0 Å². The fourth-order valence-electron chi connectivity index (χ4n) is 1.72. The van der Waals surface area contributed by atoms with Crippen LogP contribution in [0, 0.1) is 12.1 Å². The van der Waals surface area contributed by atoms with Crippen LogP contribution in [-0.4, -0.2) is 16.1 Å². The fourth-order valence-corrected chi connectivity index (χ4v) is 3.94. The van der Waals surface area contributed by atoms with E-state index in [4.69, 9.17) is 0 Å². The fraction of sp³-hybridized carbons (Fsp3) is 0.333. The maximum Gasteiger partial charge on any atom is 2.00 e. The molecule has 21 heavy (non-hydrogen) atoms. The summed E-state index contributed by atoms with van der Waals surface area (Å²) in [6.45, 7) is 14.1. The van der Waals surface area contributed by atoms with Crippen LogP contribution in [0.15, 0.2) is 48.5 Å². The van der Waals surface area contributed by atoms with Gasteiger partial charge < -0.3 is 0 Å². The molecule has 0 aliphatic heterocycles. The van der Waals surface area contributed by atoms with E-state index < -0.39 is 16.1 Å². The van der Waals surface area contributed by atoms with Crippen molar-refractivity contribution in [3.05, 3.63) is 60.7 Å². The Balaban J connectivity index is 0.000000364. The van der Waals surface area contributed by atoms with Crippen LogP contribution in [-0.2, 0) is 19.5 Å². The monoisotopic (exact) mass is 362 g/mol. The second-order valence-electron chi connectivity index (χ2n) is 7.08. The van der Waals surface area contributed by atoms with E-state index in [1.165, 1.54) is 10.4 Å². The van der Waals surface area contributed by atoms with Gasteiger partial charge in [0.2, 0.25) is 0 Å². The molecule has 0 fully saturated rings. The molecule has 0 nitrogen and oxygen atoms in total. The van der Waals surface area contributed by atoms with Gasteiger partial charge in [-0.25, -0.2) is 0 Å². The maximum atomic E-state index is 3.10. The van der Waals surface area contributed by atoms with Crippen molar-refractivity contribution >= 4 is 26.5 Å². The summed E-state index contributed by atoms with van der Waals surface area (Å²) in [5, 5.41) is 2.96. The first kappa shape index (κ1) is 20.5. The minimum absolute atomic E-state index is 0. The summed E-state index contributed by atoms with van der Waals surface area (Å²) in [5.41, 5.74) is 0. The average molecular weight is 364 g/mol. The van der Waals surface area contributed by atoms with Crippen molar-refractivity contribution in [2.45, 2.75) is 39.3 Å². The summed E-state index contributed by atoms with van der Waals surface area (Å²) in [7, 11) is -2.13. The Hall–Kier alpha value is -0.503. The molecule has 0 saturated carbocycles. The number of rotatable bonds is 2. The van der Waals surface area contributed by atoms with Crippen molar-refractivity contribution < 1.29 is 19.5 Å². The third-order valence-electron chi connectivity index (χ3n) is 3.15. The third-order valence-corrected chi connectivity index (χ3v) is 7.23. The van der Waals surface area contributed by atoms with Crippen molar-refractivity contribution in [2.24, 2.45) is 0 Å². The molecule has 3 heteroatoms. The molecule has 108 valence electrons. The summed E-state index contributed by atoms with van der Waals surface area (Å²) < 4.78 is 0. The molecular formula is C18H26Si2Zn. The smallest absolute Gasteiger partial charge is 0.184 e. The van der Waals surface area contributed by atoms with Gasteiger partial charge in [0.1, 0.15) is 0 Å². The SMILES string of the molecule is C[Si](C)(C)c1c[c-]ccc1.C[Si](C)(C)c1c[c-]ccc1.[Zn+2]. The van der Waals surface area contributed by atoms with Crippen molar-refractivity contribution in [3.63, 3.8) is 0 Å². The molecule has 0 bridgehead atoms. The van der Waals surface area contributed by atoms with Gasteiger partial charge in [-0.2, -0.15) is 71.0 Å². The van der Waals surface area contributed by atoms with Crippen molar-refractivity contribution in [3.8, 4) is 0 Å². The van der Waals surface area contributed by atoms with Gasteiger partial charge in [-0.05, 0) is 0 Å². The third kappa shape index (κ3) is 7.89. The first-order chi connectivity index (χ1) is 9.21. The van der Waals surface area contributed by atoms with Crippen LogP contribution < -0.4 is 10.4 Å². The molecule has 0 spiro atoms. The summed E-state index contributed by atoms with van der Waals surface area (Å²) >= 11 is 0. The molecule has 2 rings (SSSR count). The molecule has 0 heterocycles. The molecule has 0 aliphatic rings. The summed E-state index contributed by atoms with van der Waals surface area (Å²) in [6, 6.07) is 22.8. The van der Waals surface area contributed by atoms with Crippen LogP contribution in [0.25, 0.3) is 0 Å². The number of hydrogen-bond acceptors (Lipinski definition) is 0. The first-order valence-corrected chi connectivity index (χ1v) is 14.1. The van der Waals surface area contributed by atoms with E-state index in [-0.39, 0.29) is 19.5 Å². The molecule has 0 amide bonds. The molecule has 2 aromatic rings. The van der Waals surface area contributed by atoms with E-state index in [1.807, 2.05) is 12.1 Å². The first-order valence-electron chi connectivity index (χ1n) is 7.14. The van der Waals surface area contributed by atoms with E-state index in [0.29, 0.717) is 0 Å². The predicted octanol–water partition coefficient (Wildman–Crippen LogP) is 4.06. The molecule has 0 saturated heterocycles. The topological polar surface area (TPSA) is 0 Å². The van der Waals surface area contributed by atoms with Gasteiger partial charge in [-0.1, -0.05) is 39.3 Å². The second kappa shape index (κ2) is 8.82. The minimum Gasteiger partial charge on any atom is -0.184 e. The Morgan fingerprint density at radius 2 is 1.00 bits per heavy atom. The maximum absolute atomic E-state index is 3.10. The molecule has 2 aromatic carbocycles. The molecule has 0 aliphatic carbocycles. The largest absolute Gasteiger partial charge is 2.00 e. The standard InChI is InChI=1S/2C9H13Si.Zn/c2*1-10(2,3)9-7-5-4-6-8-9;/h2*4-5,7-8H,1-3H3;/q2*-1;+2. The van der Waals surface area contributed by atoms with Gasteiger partial charge in [-0.3, -0.25) is 0 Å². The zero-order valence-electron chi connectivity index (χ0n) is 14.3. The van der Waals surface area contributed by atoms with Gasteiger partial charge in [0.15, 0.2) is 0 Å². The van der Waals surface area contributed by atoms with E-state index in [1.54, 1.807) is 0 Å². The van der Waals surface area contributed by atoms with Crippen molar-refractivity contribution in [2.75, 3.05) is 0 Å². The molecule has 0 radical (unpaired) electrons. The van der Waals surface area contributed by atoms with E-state index in [2.05, 4.69) is 87.8 Å². The van der Waals surface area contributed by atoms with Gasteiger partial charge in [0, 0.05) is 16.1 Å². The van der Waals surface area contributed by atoms with Gasteiger partial charge in [0.05, 0.1) is 0 Å². The van der Waals surface area contributed by atoms with Crippen LogP contribution in [0.1, 0.15) is 0 Å². The molecule has 0 atom stereocenters. The van der Waals surface area contributed by atoms with Crippen LogP contribution in [0.2, 0.25) is 39.3 Å². The zero-order chi connectivity index (χ0) is 15.2. The van der Waals surface area contributed by atoms with Gasteiger partial charge in [-0.15, -0.1) is 0 Å². The number of hydrogen-bond donors (Lipinski definition) is 0. The molecule has 0 unspecified atom stereocenters.